The van der Waals surface area contributed by atoms with Crippen LogP contribution in [0.2, 0.25) is 5.02 Å². The summed E-state index contributed by atoms with van der Waals surface area (Å²) in [4.78, 5) is 13.3. The molecule has 0 bridgehead atoms. The van der Waals surface area contributed by atoms with Gasteiger partial charge in [-0.25, -0.2) is 13.1 Å². The summed E-state index contributed by atoms with van der Waals surface area (Å²) in [5.74, 6) is -0.784. The molecule has 3 N–H and O–H groups in total. The van der Waals surface area contributed by atoms with Gasteiger partial charge in [-0.05, 0) is 47.9 Å². The number of benzene rings is 3. The van der Waals surface area contributed by atoms with Crippen LogP contribution in [-0.2, 0) is 22.4 Å². The molecule has 0 fully saturated rings. The molecule has 7 nitrogen and oxygen atoms in total. The summed E-state index contributed by atoms with van der Waals surface area (Å²) in [5, 5.41) is 6.33. The number of aromatic nitrogens is 2. The van der Waals surface area contributed by atoms with Crippen LogP contribution in [0.5, 0.6) is 0 Å². The summed E-state index contributed by atoms with van der Waals surface area (Å²) < 4.78 is 66.0. The number of carbonyl (C=O) groups excluding carboxylic acids is 1. The number of nitrogens with two attached hydrogens (primary N) is 1. The van der Waals surface area contributed by atoms with Gasteiger partial charge in [-0.3, -0.25) is 4.79 Å². The third kappa shape index (κ3) is 4.67. The van der Waals surface area contributed by atoms with Crippen LogP contribution in [0.25, 0.3) is 16.8 Å². The number of amides is 1. The van der Waals surface area contributed by atoms with Gasteiger partial charge in [0.1, 0.15) is 5.69 Å². The normalized spacial score (nSPS) is 14.4. The molecule has 5 rings (SSSR count). The zero-order valence-corrected chi connectivity index (χ0v) is 20.5. The molecule has 4 aromatic rings. The van der Waals surface area contributed by atoms with Crippen LogP contribution in [0.4, 0.5) is 24.5 Å². The van der Waals surface area contributed by atoms with Crippen molar-refractivity contribution in [3.63, 3.8) is 0 Å². The fourth-order valence-electron chi connectivity index (χ4n) is 4.19. The molecule has 0 saturated heterocycles. The second-order valence-corrected chi connectivity index (χ2v) is 10.9. The van der Waals surface area contributed by atoms with Crippen LogP contribution in [0.15, 0.2) is 71.6 Å². The lowest BCUT2D eigenvalue weighted by Gasteiger charge is -2.11. The average Bonchev–Trinajstić information content (AvgIpc) is 3.43. The predicted molar refractivity (Wildman–Crippen MR) is 134 cm³/mol. The number of nitrogens with zero attached hydrogens (tertiary/aromatic N) is 2. The highest BCUT2D eigenvalue weighted by atomic mass is 35.5. The van der Waals surface area contributed by atoms with E-state index in [0.717, 1.165) is 10.2 Å². The number of nitrogen functional groups attached to an aromatic ring is 1. The molecule has 37 heavy (non-hydrogen) atoms. The Hall–Kier alpha value is -3.83. The van der Waals surface area contributed by atoms with E-state index in [9.17, 15) is 26.4 Å². The van der Waals surface area contributed by atoms with Gasteiger partial charge in [0.05, 0.1) is 27.0 Å². The van der Waals surface area contributed by atoms with Gasteiger partial charge in [0.25, 0.3) is 5.91 Å². The van der Waals surface area contributed by atoms with E-state index in [0.29, 0.717) is 34.2 Å². The van der Waals surface area contributed by atoms with Crippen LogP contribution >= 0.6 is 11.6 Å². The molecule has 3 aromatic carbocycles. The van der Waals surface area contributed by atoms with Gasteiger partial charge in [0.15, 0.2) is 15.5 Å². The Balaban J connectivity index is 1.46. The van der Waals surface area contributed by atoms with Gasteiger partial charge in [-0.2, -0.15) is 18.3 Å². The van der Waals surface area contributed by atoms with Crippen LogP contribution in [0.1, 0.15) is 21.7 Å². The number of rotatable bonds is 4. The Morgan fingerprint density at radius 2 is 1.78 bits per heavy atom. The Bertz CT molecular complexity index is 1650. The molecular weight excluding hydrogens is 529 g/mol. The summed E-state index contributed by atoms with van der Waals surface area (Å²) in [6, 6.07) is 16.4. The zero-order chi connectivity index (χ0) is 26.5. The molecule has 1 aromatic heterocycles. The highest BCUT2D eigenvalue weighted by Crippen LogP contribution is 2.36. The summed E-state index contributed by atoms with van der Waals surface area (Å²) in [6.07, 6.45) is -4.33. The quantitative estimate of drug-likeness (QED) is 0.334. The number of hydrogen-bond donors (Lipinski definition) is 2. The van der Waals surface area contributed by atoms with Crippen molar-refractivity contribution in [2.24, 2.45) is 0 Å². The maximum atomic E-state index is 13.4. The van der Waals surface area contributed by atoms with Crippen molar-refractivity contribution in [2.75, 3.05) is 16.8 Å². The van der Waals surface area contributed by atoms with Crippen molar-refractivity contribution in [2.45, 2.75) is 17.5 Å². The Morgan fingerprint density at radius 1 is 1.05 bits per heavy atom. The van der Waals surface area contributed by atoms with Gasteiger partial charge in [0.2, 0.25) is 0 Å². The number of anilines is 2. The first-order chi connectivity index (χ1) is 17.4. The summed E-state index contributed by atoms with van der Waals surface area (Å²) in [5.41, 5.74) is 6.62. The van der Waals surface area contributed by atoms with E-state index >= 15 is 0 Å². The molecule has 0 saturated carbocycles. The van der Waals surface area contributed by atoms with Crippen molar-refractivity contribution in [3.8, 4) is 16.8 Å². The van der Waals surface area contributed by atoms with Crippen LogP contribution in [0.3, 0.4) is 0 Å². The first-order valence-electron chi connectivity index (χ1n) is 10.9. The smallest absolute Gasteiger partial charge is 0.397 e. The molecule has 190 valence electrons. The maximum absolute atomic E-state index is 13.4. The van der Waals surface area contributed by atoms with E-state index in [-0.39, 0.29) is 27.8 Å². The van der Waals surface area contributed by atoms with E-state index in [1.165, 1.54) is 18.2 Å². The minimum Gasteiger partial charge on any atom is -0.397 e. The minimum atomic E-state index is -4.78. The lowest BCUT2D eigenvalue weighted by atomic mass is 10.0. The van der Waals surface area contributed by atoms with Crippen molar-refractivity contribution in [1.29, 1.82) is 0 Å². The van der Waals surface area contributed by atoms with E-state index in [2.05, 4.69) is 10.4 Å². The van der Waals surface area contributed by atoms with Crippen LogP contribution in [0, 0.1) is 0 Å². The van der Waals surface area contributed by atoms with E-state index in [4.69, 9.17) is 17.3 Å². The standard InChI is InChI=1S/C25H18ClF3N4O3S/c26-19-9-8-17(12-20(19)30)33-21(13-22(32-33)25(27,28)29)24(34)31-16-6-4-14(5-7-16)18-3-1-2-15-10-11-37(35,36)23(15)18/h1-9,12-13H,10-11,30H2,(H,31,34). The second kappa shape index (κ2) is 8.93. The Kier molecular flexibility index (Phi) is 5.99. The molecule has 1 amide bonds. The molecule has 12 heteroatoms. The van der Waals surface area contributed by atoms with Crippen LogP contribution in [-0.4, -0.2) is 29.9 Å². The van der Waals surface area contributed by atoms with Gasteiger partial charge in [0, 0.05) is 17.3 Å². The molecule has 0 atom stereocenters. The van der Waals surface area contributed by atoms with Crippen molar-refractivity contribution >= 4 is 38.7 Å². The minimum absolute atomic E-state index is 0.0559. The van der Waals surface area contributed by atoms with E-state index < -0.39 is 27.6 Å². The number of fused-ring (bicyclic) bond motifs is 1. The molecule has 0 radical (unpaired) electrons. The molecule has 1 aliphatic heterocycles. The lowest BCUT2D eigenvalue weighted by Crippen LogP contribution is -2.17. The number of carbonyl (C=O) groups is 1. The molecule has 2 heterocycles. The number of hydrogen-bond acceptors (Lipinski definition) is 5. The van der Waals surface area contributed by atoms with Gasteiger partial charge >= 0.3 is 6.18 Å². The van der Waals surface area contributed by atoms with Gasteiger partial charge < -0.3 is 11.1 Å². The number of halogens is 4. The first kappa shape index (κ1) is 24.8. The van der Waals surface area contributed by atoms with E-state index in [1.54, 1.807) is 42.5 Å². The van der Waals surface area contributed by atoms with Crippen molar-refractivity contribution in [3.05, 3.63) is 88.7 Å². The first-order valence-corrected chi connectivity index (χ1v) is 13.0. The van der Waals surface area contributed by atoms with Gasteiger partial charge in [-0.15, -0.1) is 0 Å². The topological polar surface area (TPSA) is 107 Å². The largest absolute Gasteiger partial charge is 0.435 e. The van der Waals surface area contributed by atoms with Gasteiger partial charge in [-0.1, -0.05) is 41.9 Å². The zero-order valence-electron chi connectivity index (χ0n) is 18.9. The third-order valence-electron chi connectivity index (χ3n) is 5.96. The Labute approximate surface area is 214 Å². The highest BCUT2D eigenvalue weighted by molar-refractivity contribution is 7.91. The fraction of sp³-hybridized carbons (Fsp3) is 0.120. The lowest BCUT2D eigenvalue weighted by molar-refractivity contribution is -0.141. The number of nitrogens with one attached hydrogen (secondary N) is 1. The molecule has 0 aliphatic carbocycles. The number of sulfone groups is 1. The summed E-state index contributed by atoms with van der Waals surface area (Å²) in [7, 11) is -3.38. The molecule has 0 spiro atoms. The second-order valence-electron chi connectivity index (χ2n) is 8.42. The summed E-state index contributed by atoms with van der Waals surface area (Å²) >= 11 is 5.91. The van der Waals surface area contributed by atoms with E-state index in [1.807, 2.05) is 0 Å². The molecular formula is C25H18ClF3N4O3S. The summed E-state index contributed by atoms with van der Waals surface area (Å²) in [6.45, 7) is 0. The Morgan fingerprint density at radius 3 is 2.46 bits per heavy atom. The molecule has 1 aliphatic rings. The number of aryl methyl sites for hydroxylation is 1. The monoisotopic (exact) mass is 546 g/mol. The highest BCUT2D eigenvalue weighted by Gasteiger charge is 2.36. The SMILES string of the molecule is Nc1cc(-n2nc(C(F)(F)F)cc2C(=O)Nc2ccc(-c3cccc4c3S(=O)(=O)CC4)cc2)ccc1Cl. The maximum Gasteiger partial charge on any atom is 0.435 e. The van der Waals surface area contributed by atoms with Crippen molar-refractivity contribution < 1.29 is 26.4 Å². The predicted octanol–water partition coefficient (Wildman–Crippen LogP) is 5.38. The fourth-order valence-corrected chi connectivity index (χ4v) is 6.09. The number of alkyl halides is 3. The average molecular weight is 547 g/mol. The third-order valence-corrected chi connectivity index (χ3v) is 8.15. The van der Waals surface area contributed by atoms with Crippen molar-refractivity contribution in [1.82, 2.24) is 9.78 Å². The molecule has 0 unspecified atom stereocenters. The van der Waals surface area contributed by atoms with Crippen LogP contribution < -0.4 is 11.1 Å².